The molecule has 1 aromatic carbocycles. The van der Waals surface area contributed by atoms with Gasteiger partial charge in [0.05, 0.1) is 18.1 Å². The van der Waals surface area contributed by atoms with Crippen LogP contribution in [-0.4, -0.2) is 44.1 Å². The molecule has 148 valence electrons. The molecule has 29 heavy (non-hydrogen) atoms. The molecule has 4 rings (SSSR count). The minimum atomic E-state index is -0.327. The Morgan fingerprint density at radius 1 is 1.21 bits per heavy atom. The molecule has 0 saturated carbocycles. The maximum Gasteiger partial charge on any atom is 0.219 e. The number of nitrogens with zero attached hydrogens (tertiary/aromatic N) is 5. The van der Waals surface area contributed by atoms with E-state index in [-0.39, 0.29) is 17.6 Å². The van der Waals surface area contributed by atoms with E-state index in [1.807, 2.05) is 11.0 Å². The average molecular weight is 392 g/mol. The smallest absolute Gasteiger partial charge is 0.219 e. The normalized spacial score (nSPS) is 16.5. The van der Waals surface area contributed by atoms with Gasteiger partial charge >= 0.3 is 0 Å². The van der Waals surface area contributed by atoms with E-state index in [4.69, 9.17) is 4.98 Å². The van der Waals surface area contributed by atoms with Crippen LogP contribution in [0.4, 0.5) is 15.9 Å². The van der Waals surface area contributed by atoms with E-state index in [1.54, 1.807) is 37.5 Å². The monoisotopic (exact) mass is 392 g/mol. The van der Waals surface area contributed by atoms with Crippen LogP contribution in [0.5, 0.6) is 0 Å². The fourth-order valence-corrected chi connectivity index (χ4v) is 3.49. The van der Waals surface area contributed by atoms with Crippen molar-refractivity contribution in [2.45, 2.75) is 25.7 Å². The first-order valence-corrected chi connectivity index (χ1v) is 9.52. The van der Waals surface area contributed by atoms with Gasteiger partial charge < -0.3 is 10.2 Å². The van der Waals surface area contributed by atoms with E-state index in [2.05, 4.69) is 20.5 Å². The van der Waals surface area contributed by atoms with Crippen molar-refractivity contribution in [3.05, 3.63) is 60.4 Å². The molecule has 0 bridgehead atoms. The Hall–Kier alpha value is -3.42. The summed E-state index contributed by atoms with van der Waals surface area (Å²) in [5, 5.41) is 10.9. The summed E-state index contributed by atoms with van der Waals surface area (Å²) in [6, 6.07) is 9.84. The maximum atomic E-state index is 13.6. The molecular weight excluding hydrogens is 371 g/mol. The number of halogens is 1. The lowest BCUT2D eigenvalue weighted by Crippen LogP contribution is -2.38. The molecular formula is C21H21FN6O. The molecule has 1 aliphatic rings. The molecule has 1 atom stereocenters. The van der Waals surface area contributed by atoms with Crippen molar-refractivity contribution in [2.24, 2.45) is 0 Å². The second-order valence-corrected chi connectivity index (χ2v) is 7.07. The van der Waals surface area contributed by atoms with Crippen molar-refractivity contribution in [2.75, 3.05) is 18.4 Å². The predicted octanol–water partition coefficient (Wildman–Crippen LogP) is 3.54. The first-order chi connectivity index (χ1) is 14.1. The molecule has 0 radical (unpaired) electrons. The number of nitrogens with one attached hydrogen (secondary N) is 1. The highest BCUT2D eigenvalue weighted by atomic mass is 19.1. The second-order valence-electron chi connectivity index (χ2n) is 7.07. The lowest BCUT2D eigenvalue weighted by molar-refractivity contribution is -0.130. The van der Waals surface area contributed by atoms with E-state index in [0.717, 1.165) is 24.9 Å². The van der Waals surface area contributed by atoms with Crippen LogP contribution in [0.15, 0.2) is 48.8 Å². The Morgan fingerprint density at radius 2 is 2.10 bits per heavy atom. The highest BCUT2D eigenvalue weighted by Gasteiger charge is 2.25. The number of aromatic nitrogens is 4. The lowest BCUT2D eigenvalue weighted by Gasteiger charge is -2.31. The first-order valence-electron chi connectivity index (χ1n) is 9.52. The van der Waals surface area contributed by atoms with Gasteiger partial charge in [-0.05, 0) is 37.1 Å². The third kappa shape index (κ3) is 4.53. The minimum absolute atomic E-state index is 0.0375. The highest BCUT2D eigenvalue weighted by molar-refractivity contribution is 5.73. The molecule has 2 aromatic heterocycles. The summed E-state index contributed by atoms with van der Waals surface area (Å²) in [5.74, 6) is 0.987. The zero-order valence-electron chi connectivity index (χ0n) is 16.0. The van der Waals surface area contributed by atoms with Gasteiger partial charge in [0.2, 0.25) is 5.91 Å². The molecule has 0 aliphatic carbocycles. The Balaban J connectivity index is 1.71. The number of likely N-dealkylation sites (tertiary alicyclic amines) is 1. The van der Waals surface area contributed by atoms with Crippen molar-refractivity contribution in [1.29, 1.82) is 0 Å². The Kier molecular flexibility index (Phi) is 5.41. The topological polar surface area (TPSA) is 83.9 Å². The van der Waals surface area contributed by atoms with Crippen molar-refractivity contribution < 1.29 is 9.18 Å². The van der Waals surface area contributed by atoms with Crippen LogP contribution in [0.1, 0.15) is 31.5 Å². The van der Waals surface area contributed by atoms with Crippen LogP contribution in [0.25, 0.3) is 11.3 Å². The molecule has 1 saturated heterocycles. The summed E-state index contributed by atoms with van der Waals surface area (Å²) in [4.78, 5) is 23.1. The molecule has 1 N–H and O–H groups in total. The van der Waals surface area contributed by atoms with Crippen LogP contribution in [-0.2, 0) is 4.79 Å². The summed E-state index contributed by atoms with van der Waals surface area (Å²) in [7, 11) is 0. The van der Waals surface area contributed by atoms with Gasteiger partial charge in [0.25, 0.3) is 0 Å². The van der Waals surface area contributed by atoms with Crippen LogP contribution in [0.3, 0.4) is 0 Å². The second kappa shape index (κ2) is 8.30. The molecule has 0 spiro atoms. The summed E-state index contributed by atoms with van der Waals surface area (Å²) < 4.78 is 13.6. The third-order valence-corrected chi connectivity index (χ3v) is 4.95. The van der Waals surface area contributed by atoms with Crippen molar-refractivity contribution in [3.8, 4) is 11.3 Å². The van der Waals surface area contributed by atoms with Crippen molar-refractivity contribution >= 4 is 17.4 Å². The zero-order valence-corrected chi connectivity index (χ0v) is 16.0. The number of piperidine rings is 1. The summed E-state index contributed by atoms with van der Waals surface area (Å²) in [5.41, 5.74) is 2.11. The molecule has 8 heteroatoms. The van der Waals surface area contributed by atoms with Crippen molar-refractivity contribution in [1.82, 2.24) is 25.1 Å². The molecule has 3 aromatic rings. The number of anilines is 2. The number of amides is 1. The summed E-state index contributed by atoms with van der Waals surface area (Å²) in [6.45, 7) is 2.93. The third-order valence-electron chi connectivity index (χ3n) is 4.95. The van der Waals surface area contributed by atoms with Gasteiger partial charge in [-0.1, -0.05) is 6.07 Å². The van der Waals surface area contributed by atoms with E-state index >= 15 is 0 Å². The van der Waals surface area contributed by atoms with Gasteiger partial charge in [-0.25, -0.2) is 14.4 Å². The molecule has 1 aliphatic heterocycles. The number of carbonyl (C=O) groups is 1. The fourth-order valence-electron chi connectivity index (χ4n) is 3.49. The van der Waals surface area contributed by atoms with Gasteiger partial charge in [-0.3, -0.25) is 4.79 Å². The Labute approximate surface area is 168 Å². The van der Waals surface area contributed by atoms with E-state index in [0.29, 0.717) is 29.6 Å². The molecule has 7 nitrogen and oxygen atoms in total. The standard InChI is InChI=1S/C21H21FN6O/c1-14(29)28-9-3-4-16(13-28)21-26-19(15-7-8-23-24-12-15)11-20(27-21)25-18-6-2-5-17(22)10-18/h2,5-8,10-12,16H,3-4,9,13H2,1H3,(H,25,26,27). The van der Waals surface area contributed by atoms with Gasteiger partial charge in [-0.2, -0.15) is 10.2 Å². The number of benzene rings is 1. The SMILES string of the molecule is CC(=O)N1CCCC(c2nc(Nc3cccc(F)c3)cc(-c3ccnnc3)n2)C1. The van der Waals surface area contributed by atoms with E-state index in [1.165, 1.54) is 12.1 Å². The van der Waals surface area contributed by atoms with Crippen LogP contribution in [0.2, 0.25) is 0 Å². The Bertz CT molecular complexity index is 1010. The minimum Gasteiger partial charge on any atom is -0.342 e. The van der Waals surface area contributed by atoms with Gasteiger partial charge in [0, 0.05) is 43.2 Å². The highest BCUT2D eigenvalue weighted by Crippen LogP contribution is 2.29. The zero-order chi connectivity index (χ0) is 20.2. The lowest BCUT2D eigenvalue weighted by atomic mass is 9.97. The number of hydrogen-bond acceptors (Lipinski definition) is 6. The maximum absolute atomic E-state index is 13.6. The van der Waals surface area contributed by atoms with Crippen LogP contribution in [0, 0.1) is 5.82 Å². The van der Waals surface area contributed by atoms with Gasteiger partial charge in [-0.15, -0.1) is 0 Å². The van der Waals surface area contributed by atoms with Gasteiger partial charge in [0.15, 0.2) is 0 Å². The largest absolute Gasteiger partial charge is 0.342 e. The predicted molar refractivity (Wildman–Crippen MR) is 107 cm³/mol. The molecule has 1 unspecified atom stereocenters. The summed E-state index contributed by atoms with van der Waals surface area (Å²) >= 11 is 0. The molecule has 1 amide bonds. The number of hydrogen-bond donors (Lipinski definition) is 1. The molecule has 3 heterocycles. The van der Waals surface area contributed by atoms with E-state index in [9.17, 15) is 9.18 Å². The van der Waals surface area contributed by atoms with Crippen molar-refractivity contribution in [3.63, 3.8) is 0 Å². The van der Waals surface area contributed by atoms with Gasteiger partial charge in [0.1, 0.15) is 17.5 Å². The van der Waals surface area contributed by atoms with Crippen LogP contribution >= 0.6 is 0 Å². The van der Waals surface area contributed by atoms with Crippen LogP contribution < -0.4 is 5.32 Å². The number of rotatable bonds is 4. The average Bonchev–Trinajstić information content (AvgIpc) is 2.74. The molecule has 1 fully saturated rings. The summed E-state index contributed by atoms with van der Waals surface area (Å²) in [6.07, 6.45) is 5.05. The fraction of sp³-hybridized carbons (Fsp3) is 0.286. The number of carbonyl (C=O) groups excluding carboxylic acids is 1. The Morgan fingerprint density at radius 3 is 2.86 bits per heavy atom. The first kappa shape index (κ1) is 18.9. The quantitative estimate of drug-likeness (QED) is 0.731. The van der Waals surface area contributed by atoms with E-state index < -0.39 is 0 Å².